The Bertz CT molecular complexity index is 508. The number of pyridine rings is 1. The van der Waals surface area contributed by atoms with Gasteiger partial charge in [-0.25, -0.2) is 4.98 Å². The largest absolute Gasteiger partial charge is 0.480 e. The summed E-state index contributed by atoms with van der Waals surface area (Å²) in [5, 5.41) is 2.82. The van der Waals surface area contributed by atoms with Gasteiger partial charge >= 0.3 is 0 Å². The number of ether oxygens (including phenoxy) is 1. The number of fused-ring (bicyclic) bond motifs is 1. The third-order valence-corrected chi connectivity index (χ3v) is 2.47. The van der Waals surface area contributed by atoms with Gasteiger partial charge in [0.25, 0.3) is 5.91 Å². The van der Waals surface area contributed by atoms with E-state index in [-0.39, 0.29) is 30.5 Å². The number of hydrogen-bond donors (Lipinski definition) is 1. The number of hydrogen-bond acceptors (Lipinski definition) is 4. The fraction of sp³-hybridized carbons (Fsp3) is 0.462. The maximum absolute atomic E-state index is 11.9. The van der Waals surface area contributed by atoms with Gasteiger partial charge in [-0.2, -0.15) is 0 Å². The summed E-state index contributed by atoms with van der Waals surface area (Å²) >= 11 is 0. The molecule has 0 aliphatic carbocycles. The van der Waals surface area contributed by atoms with E-state index in [2.05, 4.69) is 10.3 Å². The minimum Gasteiger partial charge on any atom is -0.480 e. The Kier molecular flexibility index (Phi) is 3.42. The van der Waals surface area contributed by atoms with Gasteiger partial charge in [-0.1, -0.05) is 0 Å². The highest BCUT2D eigenvalue weighted by Crippen LogP contribution is 2.28. The SMILES string of the molecule is CC(C)(C)NC(=O)CN1C(=O)COc2cccnc21. The first-order valence-electron chi connectivity index (χ1n) is 6.06. The molecule has 0 bridgehead atoms. The van der Waals surface area contributed by atoms with Gasteiger partial charge in [0.05, 0.1) is 0 Å². The van der Waals surface area contributed by atoms with Crippen LogP contribution in [0.4, 0.5) is 5.82 Å². The lowest BCUT2D eigenvalue weighted by Gasteiger charge is -2.29. The maximum Gasteiger partial charge on any atom is 0.266 e. The molecule has 2 heterocycles. The van der Waals surface area contributed by atoms with Crippen molar-refractivity contribution in [2.75, 3.05) is 18.1 Å². The third kappa shape index (κ3) is 3.21. The molecule has 1 N–H and O–H groups in total. The summed E-state index contributed by atoms with van der Waals surface area (Å²) in [6.07, 6.45) is 1.56. The second-order valence-electron chi connectivity index (χ2n) is 5.39. The minimum atomic E-state index is -0.334. The van der Waals surface area contributed by atoms with Crippen molar-refractivity contribution in [2.24, 2.45) is 0 Å². The number of rotatable bonds is 2. The number of carbonyl (C=O) groups is 2. The van der Waals surface area contributed by atoms with E-state index in [0.717, 1.165) is 0 Å². The molecule has 0 radical (unpaired) electrons. The van der Waals surface area contributed by atoms with E-state index in [1.165, 1.54) is 4.90 Å². The van der Waals surface area contributed by atoms with Crippen molar-refractivity contribution in [3.63, 3.8) is 0 Å². The lowest BCUT2D eigenvalue weighted by molar-refractivity contribution is -0.126. The van der Waals surface area contributed by atoms with Gasteiger partial charge in [0.2, 0.25) is 5.91 Å². The smallest absolute Gasteiger partial charge is 0.266 e. The molecule has 1 aromatic heterocycles. The van der Waals surface area contributed by atoms with Gasteiger partial charge < -0.3 is 10.1 Å². The van der Waals surface area contributed by atoms with E-state index in [1.807, 2.05) is 20.8 Å². The van der Waals surface area contributed by atoms with E-state index >= 15 is 0 Å². The molecule has 0 fully saturated rings. The molecule has 6 heteroatoms. The molecule has 1 aromatic rings. The van der Waals surface area contributed by atoms with Crippen LogP contribution in [0.15, 0.2) is 18.3 Å². The molecule has 6 nitrogen and oxygen atoms in total. The summed E-state index contributed by atoms with van der Waals surface area (Å²) in [7, 11) is 0. The third-order valence-electron chi connectivity index (χ3n) is 2.47. The molecule has 0 atom stereocenters. The van der Waals surface area contributed by atoms with Gasteiger partial charge in [-0.05, 0) is 32.9 Å². The lowest BCUT2D eigenvalue weighted by atomic mass is 10.1. The van der Waals surface area contributed by atoms with Crippen LogP contribution in [0.25, 0.3) is 0 Å². The van der Waals surface area contributed by atoms with Crippen LogP contribution in [0, 0.1) is 0 Å². The van der Waals surface area contributed by atoms with E-state index in [9.17, 15) is 9.59 Å². The van der Waals surface area contributed by atoms with Crippen LogP contribution in [-0.4, -0.2) is 35.5 Å². The highest BCUT2D eigenvalue weighted by Gasteiger charge is 2.29. The topological polar surface area (TPSA) is 71.5 Å². The van der Waals surface area contributed by atoms with E-state index in [4.69, 9.17) is 4.74 Å². The number of amides is 2. The van der Waals surface area contributed by atoms with Crippen LogP contribution in [0.2, 0.25) is 0 Å². The maximum atomic E-state index is 11.9. The van der Waals surface area contributed by atoms with Crippen molar-refractivity contribution in [1.29, 1.82) is 0 Å². The van der Waals surface area contributed by atoms with E-state index < -0.39 is 0 Å². The second-order valence-corrected chi connectivity index (χ2v) is 5.39. The van der Waals surface area contributed by atoms with Crippen molar-refractivity contribution in [3.8, 4) is 5.75 Å². The standard InChI is InChI=1S/C13H17N3O3/c1-13(2,3)15-10(17)7-16-11(18)8-19-9-5-4-6-14-12(9)16/h4-6H,7-8H2,1-3H3,(H,15,17). The van der Waals surface area contributed by atoms with Gasteiger partial charge in [0.15, 0.2) is 18.2 Å². The van der Waals surface area contributed by atoms with Crippen LogP contribution in [0.1, 0.15) is 20.8 Å². The fourth-order valence-electron chi connectivity index (χ4n) is 1.80. The Labute approximate surface area is 111 Å². The van der Waals surface area contributed by atoms with Crippen LogP contribution in [-0.2, 0) is 9.59 Å². The van der Waals surface area contributed by atoms with Crippen LogP contribution >= 0.6 is 0 Å². The average Bonchev–Trinajstić information content (AvgIpc) is 2.31. The van der Waals surface area contributed by atoms with Crippen LogP contribution in [0.5, 0.6) is 5.75 Å². The number of carbonyl (C=O) groups excluding carboxylic acids is 2. The lowest BCUT2D eigenvalue weighted by Crippen LogP contribution is -2.49. The predicted octanol–water partition coefficient (Wildman–Crippen LogP) is 0.722. The molecule has 1 aliphatic rings. The monoisotopic (exact) mass is 263 g/mol. The zero-order chi connectivity index (χ0) is 14.0. The zero-order valence-electron chi connectivity index (χ0n) is 11.3. The number of aromatic nitrogens is 1. The Morgan fingerprint density at radius 1 is 1.53 bits per heavy atom. The first-order chi connectivity index (χ1) is 8.87. The summed E-state index contributed by atoms with van der Waals surface area (Å²) in [5.74, 6) is 0.420. The zero-order valence-corrected chi connectivity index (χ0v) is 11.3. The molecule has 1 aliphatic heterocycles. The normalized spacial score (nSPS) is 14.7. The number of nitrogens with zero attached hydrogens (tertiary/aromatic N) is 2. The van der Waals surface area contributed by atoms with Crippen molar-refractivity contribution in [2.45, 2.75) is 26.3 Å². The Morgan fingerprint density at radius 2 is 2.26 bits per heavy atom. The highest BCUT2D eigenvalue weighted by atomic mass is 16.5. The summed E-state index contributed by atoms with van der Waals surface area (Å²) < 4.78 is 5.26. The van der Waals surface area contributed by atoms with E-state index in [1.54, 1.807) is 18.3 Å². The first-order valence-corrected chi connectivity index (χ1v) is 6.06. The van der Waals surface area contributed by atoms with E-state index in [0.29, 0.717) is 11.6 Å². The first kappa shape index (κ1) is 13.3. The molecule has 0 spiro atoms. The van der Waals surface area contributed by atoms with Crippen LogP contribution < -0.4 is 15.0 Å². The molecule has 2 rings (SSSR count). The van der Waals surface area contributed by atoms with Crippen molar-refractivity contribution in [1.82, 2.24) is 10.3 Å². The highest BCUT2D eigenvalue weighted by molar-refractivity contribution is 6.01. The molecular formula is C13H17N3O3. The molecule has 0 saturated carbocycles. The average molecular weight is 263 g/mol. The predicted molar refractivity (Wildman–Crippen MR) is 70.0 cm³/mol. The summed E-state index contributed by atoms with van der Waals surface area (Å²) in [4.78, 5) is 29.2. The van der Waals surface area contributed by atoms with Gasteiger partial charge in [0, 0.05) is 11.7 Å². The Hall–Kier alpha value is -2.11. The van der Waals surface area contributed by atoms with Gasteiger partial charge in [-0.3, -0.25) is 14.5 Å². The summed E-state index contributed by atoms with van der Waals surface area (Å²) in [6, 6.07) is 3.45. The molecule has 2 amide bonds. The fourth-order valence-corrected chi connectivity index (χ4v) is 1.80. The quantitative estimate of drug-likeness (QED) is 0.853. The van der Waals surface area contributed by atoms with Crippen molar-refractivity contribution in [3.05, 3.63) is 18.3 Å². The summed E-state index contributed by atoms with van der Waals surface area (Å²) in [5.41, 5.74) is -0.334. The molecule has 0 aromatic carbocycles. The molecule has 19 heavy (non-hydrogen) atoms. The summed E-state index contributed by atoms with van der Waals surface area (Å²) in [6.45, 7) is 5.54. The van der Waals surface area contributed by atoms with Crippen molar-refractivity contribution < 1.29 is 14.3 Å². The number of anilines is 1. The molecule has 0 saturated heterocycles. The molecular weight excluding hydrogens is 246 g/mol. The minimum absolute atomic E-state index is 0.0521. The Morgan fingerprint density at radius 3 is 2.95 bits per heavy atom. The Balaban J connectivity index is 2.16. The molecule has 0 unspecified atom stereocenters. The number of nitrogens with one attached hydrogen (secondary N) is 1. The van der Waals surface area contributed by atoms with Crippen LogP contribution in [0.3, 0.4) is 0 Å². The molecule has 102 valence electrons. The van der Waals surface area contributed by atoms with Crippen molar-refractivity contribution >= 4 is 17.6 Å². The second kappa shape index (κ2) is 4.87. The van der Waals surface area contributed by atoms with Gasteiger partial charge in [0.1, 0.15) is 6.54 Å². The van der Waals surface area contributed by atoms with Gasteiger partial charge in [-0.15, -0.1) is 0 Å².